The molecule has 0 spiro atoms. The summed E-state index contributed by atoms with van der Waals surface area (Å²) in [6.45, 7) is 0.402. The molecule has 2 aromatic rings. The molecule has 6 nitrogen and oxygen atoms in total. The summed E-state index contributed by atoms with van der Waals surface area (Å²) in [5.74, 6) is -0.00508. The predicted octanol–water partition coefficient (Wildman–Crippen LogP) is 0.708. The number of amides is 1. The van der Waals surface area contributed by atoms with Gasteiger partial charge in [-0.15, -0.1) is 11.3 Å². The van der Waals surface area contributed by atoms with Crippen LogP contribution in [0.2, 0.25) is 0 Å². The first-order chi connectivity index (χ1) is 8.70. The zero-order valence-corrected chi connectivity index (χ0v) is 10.3. The molecule has 0 bridgehead atoms. The van der Waals surface area contributed by atoms with Gasteiger partial charge in [0.2, 0.25) is 5.95 Å². The van der Waals surface area contributed by atoms with Crippen LogP contribution in [0, 0.1) is 0 Å². The SMILES string of the molecule is NC(=O)c1ccc(-c2ccnc(NCCO)n2)s1. The van der Waals surface area contributed by atoms with Crippen molar-refractivity contribution in [2.45, 2.75) is 0 Å². The van der Waals surface area contributed by atoms with Crippen LogP contribution in [0.15, 0.2) is 24.4 Å². The van der Waals surface area contributed by atoms with Gasteiger partial charge in [-0.05, 0) is 18.2 Å². The van der Waals surface area contributed by atoms with Crippen LogP contribution in [0.25, 0.3) is 10.6 Å². The lowest BCUT2D eigenvalue weighted by Crippen LogP contribution is -2.08. The lowest BCUT2D eigenvalue weighted by Gasteiger charge is -2.03. The van der Waals surface area contributed by atoms with Gasteiger partial charge in [-0.3, -0.25) is 4.79 Å². The van der Waals surface area contributed by atoms with Crippen molar-refractivity contribution in [2.75, 3.05) is 18.5 Å². The highest BCUT2D eigenvalue weighted by molar-refractivity contribution is 7.17. The van der Waals surface area contributed by atoms with Crippen molar-refractivity contribution in [1.82, 2.24) is 9.97 Å². The molecular formula is C11H12N4O2S. The molecule has 18 heavy (non-hydrogen) atoms. The number of carbonyl (C=O) groups excluding carboxylic acids is 1. The summed E-state index contributed by atoms with van der Waals surface area (Å²) in [5.41, 5.74) is 5.91. The van der Waals surface area contributed by atoms with Gasteiger partial charge in [0, 0.05) is 12.7 Å². The maximum atomic E-state index is 11.0. The van der Waals surface area contributed by atoms with Crippen molar-refractivity contribution in [3.05, 3.63) is 29.3 Å². The van der Waals surface area contributed by atoms with Gasteiger partial charge in [0.15, 0.2) is 0 Å². The topological polar surface area (TPSA) is 101 Å². The summed E-state index contributed by atoms with van der Waals surface area (Å²) < 4.78 is 0. The number of thiophene rings is 1. The number of aromatic nitrogens is 2. The summed E-state index contributed by atoms with van der Waals surface area (Å²) in [6.07, 6.45) is 1.62. The van der Waals surface area contributed by atoms with Crippen LogP contribution in [0.1, 0.15) is 9.67 Å². The largest absolute Gasteiger partial charge is 0.395 e. The predicted molar refractivity (Wildman–Crippen MR) is 69.4 cm³/mol. The van der Waals surface area contributed by atoms with E-state index in [0.29, 0.717) is 23.1 Å². The summed E-state index contributed by atoms with van der Waals surface area (Å²) in [5, 5.41) is 11.6. The second-order valence-corrected chi connectivity index (χ2v) is 4.53. The monoisotopic (exact) mass is 264 g/mol. The van der Waals surface area contributed by atoms with Crippen LogP contribution >= 0.6 is 11.3 Å². The molecule has 0 aromatic carbocycles. The highest BCUT2D eigenvalue weighted by atomic mass is 32.1. The van der Waals surface area contributed by atoms with Crippen LogP contribution in [0.3, 0.4) is 0 Å². The van der Waals surface area contributed by atoms with E-state index in [-0.39, 0.29) is 6.61 Å². The molecule has 2 heterocycles. The first-order valence-electron chi connectivity index (χ1n) is 5.28. The number of nitrogens with zero attached hydrogens (tertiary/aromatic N) is 2. The van der Waals surface area contributed by atoms with Crippen molar-refractivity contribution >= 4 is 23.2 Å². The van der Waals surface area contributed by atoms with Crippen molar-refractivity contribution < 1.29 is 9.90 Å². The molecule has 0 fully saturated rings. The van der Waals surface area contributed by atoms with Crippen molar-refractivity contribution in [3.63, 3.8) is 0 Å². The van der Waals surface area contributed by atoms with Gasteiger partial charge in [0.1, 0.15) is 0 Å². The minimum atomic E-state index is -0.445. The lowest BCUT2D eigenvalue weighted by molar-refractivity contribution is 0.100. The van der Waals surface area contributed by atoms with Crippen LogP contribution in [-0.4, -0.2) is 34.1 Å². The summed E-state index contributed by atoms with van der Waals surface area (Å²) in [7, 11) is 0. The molecule has 94 valence electrons. The van der Waals surface area contributed by atoms with Crippen molar-refractivity contribution in [1.29, 1.82) is 0 Å². The maximum absolute atomic E-state index is 11.0. The Hall–Kier alpha value is -1.99. The van der Waals surface area contributed by atoms with Gasteiger partial charge < -0.3 is 16.2 Å². The van der Waals surface area contributed by atoms with E-state index in [0.717, 1.165) is 4.88 Å². The highest BCUT2D eigenvalue weighted by Gasteiger charge is 2.08. The van der Waals surface area contributed by atoms with E-state index in [9.17, 15) is 4.79 Å². The molecule has 0 radical (unpaired) electrons. The number of rotatable bonds is 5. The van der Waals surface area contributed by atoms with Gasteiger partial charge >= 0.3 is 0 Å². The molecule has 1 amide bonds. The minimum Gasteiger partial charge on any atom is -0.395 e. The van der Waals surface area contributed by atoms with E-state index in [2.05, 4.69) is 15.3 Å². The Morgan fingerprint density at radius 1 is 1.44 bits per heavy atom. The Labute approximate surface area is 108 Å². The fourth-order valence-corrected chi connectivity index (χ4v) is 2.18. The summed E-state index contributed by atoms with van der Waals surface area (Å²) in [4.78, 5) is 20.7. The second-order valence-electron chi connectivity index (χ2n) is 3.44. The maximum Gasteiger partial charge on any atom is 0.258 e. The molecule has 0 aliphatic rings. The zero-order valence-electron chi connectivity index (χ0n) is 9.46. The third-order valence-electron chi connectivity index (χ3n) is 2.15. The second kappa shape index (κ2) is 5.56. The number of carbonyl (C=O) groups is 1. The first-order valence-corrected chi connectivity index (χ1v) is 6.10. The molecule has 7 heteroatoms. The molecule has 2 rings (SSSR count). The van der Waals surface area contributed by atoms with Gasteiger partial charge in [0.05, 0.1) is 22.1 Å². The Morgan fingerprint density at radius 3 is 2.94 bits per heavy atom. The standard InChI is InChI=1S/C11H12N4O2S/c12-10(17)9-2-1-8(18-9)7-3-4-13-11(15-7)14-5-6-16/h1-4,16H,5-6H2,(H2,12,17)(H,13,14,15). The van der Waals surface area contributed by atoms with Crippen LogP contribution in [-0.2, 0) is 0 Å². The van der Waals surface area contributed by atoms with Crippen LogP contribution < -0.4 is 11.1 Å². The molecule has 0 aliphatic heterocycles. The van der Waals surface area contributed by atoms with Gasteiger partial charge in [-0.1, -0.05) is 0 Å². The van der Waals surface area contributed by atoms with E-state index in [1.807, 2.05) is 0 Å². The molecular weight excluding hydrogens is 252 g/mol. The zero-order chi connectivity index (χ0) is 13.0. The number of primary amides is 1. The van der Waals surface area contributed by atoms with Gasteiger partial charge in [-0.2, -0.15) is 0 Å². The number of hydrogen-bond donors (Lipinski definition) is 3. The van der Waals surface area contributed by atoms with Gasteiger partial charge in [-0.25, -0.2) is 9.97 Å². The smallest absolute Gasteiger partial charge is 0.258 e. The first kappa shape index (κ1) is 12.5. The van der Waals surface area contributed by atoms with Crippen molar-refractivity contribution in [3.8, 4) is 10.6 Å². The van der Waals surface area contributed by atoms with Crippen LogP contribution in [0.4, 0.5) is 5.95 Å². The molecule has 0 atom stereocenters. The number of anilines is 1. The fraction of sp³-hybridized carbons (Fsp3) is 0.182. The Balaban J connectivity index is 2.23. The molecule has 0 saturated carbocycles. The molecule has 0 aliphatic carbocycles. The fourth-order valence-electron chi connectivity index (χ4n) is 1.36. The average molecular weight is 264 g/mol. The molecule has 2 aromatic heterocycles. The number of nitrogens with two attached hydrogens (primary N) is 1. The summed E-state index contributed by atoms with van der Waals surface area (Å²) >= 11 is 1.28. The third kappa shape index (κ3) is 2.82. The number of aliphatic hydroxyl groups excluding tert-OH is 1. The van der Waals surface area contributed by atoms with E-state index in [4.69, 9.17) is 10.8 Å². The summed E-state index contributed by atoms with van der Waals surface area (Å²) in [6, 6.07) is 5.22. The normalized spacial score (nSPS) is 10.3. The Bertz CT molecular complexity index is 555. The number of aliphatic hydroxyl groups is 1. The highest BCUT2D eigenvalue weighted by Crippen LogP contribution is 2.26. The van der Waals surface area contributed by atoms with E-state index in [1.165, 1.54) is 11.3 Å². The quantitative estimate of drug-likeness (QED) is 0.738. The third-order valence-corrected chi connectivity index (χ3v) is 3.27. The lowest BCUT2D eigenvalue weighted by atomic mass is 10.3. The van der Waals surface area contributed by atoms with E-state index in [1.54, 1.807) is 24.4 Å². The molecule has 0 saturated heterocycles. The Morgan fingerprint density at radius 2 is 2.28 bits per heavy atom. The van der Waals surface area contributed by atoms with E-state index < -0.39 is 5.91 Å². The minimum absolute atomic E-state index is 0.0123. The van der Waals surface area contributed by atoms with Gasteiger partial charge in [0.25, 0.3) is 5.91 Å². The Kier molecular flexibility index (Phi) is 3.85. The van der Waals surface area contributed by atoms with Crippen molar-refractivity contribution in [2.24, 2.45) is 5.73 Å². The average Bonchev–Trinajstić information content (AvgIpc) is 2.86. The number of hydrogen-bond acceptors (Lipinski definition) is 6. The molecule has 0 unspecified atom stereocenters. The van der Waals surface area contributed by atoms with E-state index >= 15 is 0 Å². The number of nitrogens with one attached hydrogen (secondary N) is 1. The van der Waals surface area contributed by atoms with Crippen LogP contribution in [0.5, 0.6) is 0 Å². The molecule has 4 N–H and O–H groups in total.